The van der Waals surface area contributed by atoms with E-state index in [1.54, 1.807) is 36.6 Å². The lowest BCUT2D eigenvalue weighted by Crippen LogP contribution is -2.71. The van der Waals surface area contributed by atoms with E-state index in [1.165, 1.54) is 4.90 Å². The average Bonchev–Trinajstić information content (AvgIpc) is 3.18. The molecule has 8 nitrogen and oxygen atoms in total. The van der Waals surface area contributed by atoms with Gasteiger partial charge in [0.05, 0.1) is 12.3 Å². The summed E-state index contributed by atoms with van der Waals surface area (Å²) in [5.41, 5.74) is 0. The summed E-state index contributed by atoms with van der Waals surface area (Å²) < 4.78 is 10.6. The minimum absolute atomic E-state index is 0.225. The number of aliphatic carboxylic acids is 1. The van der Waals surface area contributed by atoms with Gasteiger partial charge >= 0.3 is 5.97 Å². The molecule has 0 unspecified atom stereocenters. The Kier molecular flexibility index (Phi) is 5.75. The zero-order valence-electron chi connectivity index (χ0n) is 14.5. The molecule has 1 aromatic carbocycles. The summed E-state index contributed by atoms with van der Waals surface area (Å²) in [5.74, 6) is -0.648. The third-order valence-electron chi connectivity index (χ3n) is 4.34. The predicted octanol–water partition coefficient (Wildman–Crippen LogP) is 1.07. The van der Waals surface area contributed by atoms with Crippen molar-refractivity contribution in [3.05, 3.63) is 54.5 Å². The highest BCUT2D eigenvalue weighted by Gasteiger charge is 2.48. The Hall–Kier alpha value is -3.29. The van der Waals surface area contributed by atoms with Crippen LogP contribution in [-0.2, 0) is 20.8 Å². The molecule has 0 bridgehead atoms. The maximum atomic E-state index is 12.3. The van der Waals surface area contributed by atoms with Gasteiger partial charge in [-0.25, -0.2) is 0 Å². The Balaban J connectivity index is 1.56. The Bertz CT molecular complexity index is 790. The number of aryl methyl sites for hydroxylation is 1. The molecular weight excluding hydrogens is 352 g/mol. The van der Waals surface area contributed by atoms with Crippen LogP contribution < -0.4 is 10.1 Å². The monoisotopic (exact) mass is 372 g/mol. The Morgan fingerprint density at radius 2 is 1.96 bits per heavy atom. The number of furan rings is 1. The summed E-state index contributed by atoms with van der Waals surface area (Å²) in [6.45, 7) is -0.619. The van der Waals surface area contributed by atoms with Gasteiger partial charge in [-0.15, -0.1) is 0 Å². The van der Waals surface area contributed by atoms with Crippen molar-refractivity contribution in [2.45, 2.75) is 24.9 Å². The molecule has 2 aromatic rings. The van der Waals surface area contributed by atoms with E-state index in [9.17, 15) is 14.4 Å². The number of β-lactam (4-membered cyclic amide) rings is 1. The van der Waals surface area contributed by atoms with Crippen molar-refractivity contribution in [3.8, 4) is 5.75 Å². The topological polar surface area (TPSA) is 109 Å². The van der Waals surface area contributed by atoms with Crippen LogP contribution in [0, 0.1) is 0 Å². The average molecular weight is 372 g/mol. The van der Waals surface area contributed by atoms with Gasteiger partial charge < -0.3 is 24.5 Å². The standard InChI is InChI=1S/C19H20N2O6/c22-16(12-27-13-5-2-1-3-6-13)20-18-15(9-8-14-7-4-10-26-14)21(19(18)25)11-17(23)24/h1-7,10,15,18H,8-9,11-12H2,(H,20,22)(H,23,24)/t15-,18+/m1/s1. The van der Waals surface area contributed by atoms with Crippen LogP contribution in [0.3, 0.4) is 0 Å². The highest BCUT2D eigenvalue weighted by molar-refractivity contribution is 5.95. The number of benzene rings is 1. The van der Waals surface area contributed by atoms with Crippen LogP contribution in [0.5, 0.6) is 5.75 Å². The molecule has 8 heteroatoms. The summed E-state index contributed by atoms with van der Waals surface area (Å²) in [5, 5.41) is 11.6. The smallest absolute Gasteiger partial charge is 0.323 e. The quantitative estimate of drug-likeness (QED) is 0.638. The molecule has 1 saturated heterocycles. The van der Waals surface area contributed by atoms with Crippen molar-refractivity contribution in [2.75, 3.05) is 13.2 Å². The Morgan fingerprint density at radius 3 is 2.63 bits per heavy atom. The van der Waals surface area contributed by atoms with Gasteiger partial charge in [0.1, 0.15) is 24.1 Å². The van der Waals surface area contributed by atoms with Gasteiger partial charge in [0.25, 0.3) is 5.91 Å². The molecule has 1 aliphatic rings. The van der Waals surface area contributed by atoms with E-state index in [0.717, 1.165) is 5.76 Å². The highest BCUT2D eigenvalue weighted by atomic mass is 16.5. The minimum Gasteiger partial charge on any atom is -0.484 e. The summed E-state index contributed by atoms with van der Waals surface area (Å²) >= 11 is 0. The molecule has 27 heavy (non-hydrogen) atoms. The summed E-state index contributed by atoms with van der Waals surface area (Å²) in [7, 11) is 0. The number of ether oxygens (including phenoxy) is 1. The molecule has 0 radical (unpaired) electrons. The van der Waals surface area contributed by atoms with Crippen molar-refractivity contribution in [1.82, 2.24) is 10.2 Å². The molecule has 2 heterocycles. The molecule has 1 fully saturated rings. The van der Waals surface area contributed by atoms with Crippen molar-refractivity contribution >= 4 is 17.8 Å². The zero-order valence-corrected chi connectivity index (χ0v) is 14.5. The van der Waals surface area contributed by atoms with Crippen LogP contribution in [0.25, 0.3) is 0 Å². The van der Waals surface area contributed by atoms with E-state index in [2.05, 4.69) is 5.32 Å². The van der Waals surface area contributed by atoms with Crippen LogP contribution >= 0.6 is 0 Å². The number of carboxylic acid groups (broad SMARTS) is 1. The third kappa shape index (κ3) is 4.66. The number of carbonyl (C=O) groups excluding carboxylic acids is 2. The van der Waals surface area contributed by atoms with Crippen LogP contribution in [0.15, 0.2) is 53.1 Å². The zero-order chi connectivity index (χ0) is 19.2. The summed E-state index contributed by atoms with van der Waals surface area (Å²) in [6.07, 6.45) is 2.57. The number of likely N-dealkylation sites (tertiary alicyclic amines) is 1. The number of hydrogen-bond acceptors (Lipinski definition) is 5. The molecule has 0 aliphatic carbocycles. The number of carbonyl (C=O) groups is 3. The first kappa shape index (κ1) is 18.5. The van der Waals surface area contributed by atoms with Crippen molar-refractivity contribution < 1.29 is 28.6 Å². The number of carboxylic acids is 1. The van der Waals surface area contributed by atoms with Crippen LogP contribution in [-0.4, -0.2) is 53.0 Å². The van der Waals surface area contributed by atoms with Gasteiger partial charge in [-0.2, -0.15) is 0 Å². The van der Waals surface area contributed by atoms with Gasteiger partial charge in [-0.1, -0.05) is 18.2 Å². The van der Waals surface area contributed by atoms with Crippen molar-refractivity contribution in [3.63, 3.8) is 0 Å². The minimum atomic E-state index is -1.09. The molecule has 0 spiro atoms. The van der Waals surface area contributed by atoms with E-state index in [4.69, 9.17) is 14.3 Å². The number of para-hydroxylation sites is 1. The maximum Gasteiger partial charge on any atom is 0.323 e. The van der Waals surface area contributed by atoms with E-state index in [1.807, 2.05) is 12.1 Å². The number of nitrogens with one attached hydrogen (secondary N) is 1. The molecule has 1 aliphatic heterocycles. The van der Waals surface area contributed by atoms with Gasteiger partial charge in [0.15, 0.2) is 6.61 Å². The Morgan fingerprint density at radius 1 is 1.19 bits per heavy atom. The molecule has 142 valence electrons. The summed E-state index contributed by atoms with van der Waals surface area (Å²) in [6, 6.07) is 11.3. The first-order valence-corrected chi connectivity index (χ1v) is 8.56. The molecule has 2 amide bonds. The molecule has 1 aromatic heterocycles. The third-order valence-corrected chi connectivity index (χ3v) is 4.34. The number of rotatable bonds is 9. The van der Waals surface area contributed by atoms with E-state index >= 15 is 0 Å². The molecule has 2 atom stereocenters. The first-order valence-electron chi connectivity index (χ1n) is 8.56. The van der Waals surface area contributed by atoms with E-state index in [-0.39, 0.29) is 6.61 Å². The normalized spacial score (nSPS) is 18.7. The van der Waals surface area contributed by atoms with Gasteiger partial charge in [0, 0.05) is 6.42 Å². The van der Waals surface area contributed by atoms with Gasteiger partial charge in [-0.3, -0.25) is 14.4 Å². The fourth-order valence-corrected chi connectivity index (χ4v) is 3.05. The van der Waals surface area contributed by atoms with E-state index < -0.39 is 36.4 Å². The molecule has 2 N–H and O–H groups in total. The Labute approximate surface area is 155 Å². The van der Waals surface area contributed by atoms with E-state index in [0.29, 0.717) is 18.6 Å². The van der Waals surface area contributed by atoms with Crippen LogP contribution in [0.2, 0.25) is 0 Å². The maximum absolute atomic E-state index is 12.3. The molecule has 0 saturated carbocycles. The molecule has 3 rings (SSSR count). The van der Waals surface area contributed by atoms with Crippen molar-refractivity contribution in [2.24, 2.45) is 0 Å². The van der Waals surface area contributed by atoms with Gasteiger partial charge in [-0.05, 0) is 30.7 Å². The lowest BCUT2D eigenvalue weighted by molar-refractivity contribution is -0.160. The van der Waals surface area contributed by atoms with Crippen molar-refractivity contribution in [1.29, 1.82) is 0 Å². The predicted molar refractivity (Wildman–Crippen MR) is 94.0 cm³/mol. The number of nitrogens with zero attached hydrogens (tertiary/aromatic N) is 1. The largest absolute Gasteiger partial charge is 0.484 e. The second-order valence-electron chi connectivity index (χ2n) is 6.19. The lowest BCUT2D eigenvalue weighted by Gasteiger charge is -2.46. The SMILES string of the molecule is O=C(O)CN1C(=O)[C@@H](NC(=O)COc2ccccc2)[C@H]1CCc1ccco1. The fourth-order valence-electron chi connectivity index (χ4n) is 3.05. The lowest BCUT2D eigenvalue weighted by atomic mass is 9.90. The number of hydrogen-bond donors (Lipinski definition) is 2. The molecular formula is C19H20N2O6. The fraction of sp³-hybridized carbons (Fsp3) is 0.316. The second kappa shape index (κ2) is 8.39. The van der Waals surface area contributed by atoms with Gasteiger partial charge in [0.2, 0.25) is 5.91 Å². The van der Waals surface area contributed by atoms with Crippen LogP contribution in [0.4, 0.5) is 0 Å². The highest BCUT2D eigenvalue weighted by Crippen LogP contribution is 2.24. The summed E-state index contributed by atoms with van der Waals surface area (Å²) in [4.78, 5) is 36.6. The first-order chi connectivity index (χ1) is 13.0. The van der Waals surface area contributed by atoms with Crippen LogP contribution in [0.1, 0.15) is 12.2 Å². The second-order valence-corrected chi connectivity index (χ2v) is 6.19. The number of amides is 2.